The van der Waals surface area contributed by atoms with Crippen molar-refractivity contribution < 1.29 is 32.2 Å². The average Bonchev–Trinajstić information content (AvgIpc) is 3.03. The summed E-state index contributed by atoms with van der Waals surface area (Å²) < 4.78 is 49.1. The largest absolute Gasteiger partial charge is 0.453 e. The zero-order valence-corrected chi connectivity index (χ0v) is 17.6. The molecule has 2 aliphatic rings. The van der Waals surface area contributed by atoms with Gasteiger partial charge in [0.2, 0.25) is 0 Å². The molecule has 1 heterocycles. The topological polar surface area (TPSA) is 52.6 Å². The molecular weight excluding hydrogens is 421 g/mol. The molecule has 0 spiro atoms. The summed E-state index contributed by atoms with van der Waals surface area (Å²) >= 11 is 0. The Labute approximate surface area is 183 Å². The summed E-state index contributed by atoms with van der Waals surface area (Å²) in [5, 5.41) is 0. The van der Waals surface area contributed by atoms with Crippen molar-refractivity contribution in [3.05, 3.63) is 81.9 Å². The number of hydrogen-bond donors (Lipinski definition) is 0. The zero-order valence-electron chi connectivity index (χ0n) is 17.6. The van der Waals surface area contributed by atoms with Crippen LogP contribution in [0.25, 0.3) is 6.08 Å². The summed E-state index contributed by atoms with van der Waals surface area (Å²) in [6.45, 7) is 7.59. The zero-order chi connectivity index (χ0) is 23.2. The highest BCUT2D eigenvalue weighted by atomic mass is 19.4. The van der Waals surface area contributed by atoms with Crippen LogP contribution in [0.3, 0.4) is 0 Å². The molecule has 0 radical (unpaired) electrons. The Balaban J connectivity index is 1.55. The number of hydrogen-bond acceptors (Lipinski definition) is 4. The summed E-state index contributed by atoms with van der Waals surface area (Å²) in [6, 6.07) is 6.25. The summed E-state index contributed by atoms with van der Waals surface area (Å²) in [5.74, 6) is -0.782. The number of ether oxygens (including phenoxy) is 2. The lowest BCUT2D eigenvalue weighted by molar-refractivity contribution is -0.140. The number of benzene rings is 2. The summed E-state index contributed by atoms with van der Waals surface area (Å²) in [5.41, 5.74) is 3.76. The molecule has 2 aromatic carbocycles. The SMILES string of the molecule is C=C1C(=O)OC2c3c(C)c(OC(=O)C=Cc4ccc(C(F)(F)F)cc4)cc(C)c3CCC12. The normalized spacial score (nSPS) is 20.2. The van der Waals surface area contributed by atoms with E-state index in [1.807, 2.05) is 13.8 Å². The van der Waals surface area contributed by atoms with E-state index in [1.54, 1.807) is 6.07 Å². The third-order valence-electron chi connectivity index (χ3n) is 6.08. The van der Waals surface area contributed by atoms with Gasteiger partial charge in [-0.25, -0.2) is 9.59 Å². The molecule has 0 saturated carbocycles. The molecule has 2 atom stereocenters. The number of fused-ring (bicyclic) bond motifs is 3. The van der Waals surface area contributed by atoms with E-state index in [0.29, 0.717) is 16.9 Å². The van der Waals surface area contributed by atoms with Crippen LogP contribution in [0.15, 0.2) is 48.6 Å². The molecule has 0 bridgehead atoms. The van der Waals surface area contributed by atoms with Crippen LogP contribution in [0.1, 0.15) is 45.9 Å². The molecule has 166 valence electrons. The molecule has 4 rings (SSSR count). The Bertz CT molecular complexity index is 1140. The van der Waals surface area contributed by atoms with Gasteiger partial charge in [-0.1, -0.05) is 18.7 Å². The first-order valence-corrected chi connectivity index (χ1v) is 10.2. The second kappa shape index (κ2) is 7.97. The summed E-state index contributed by atoms with van der Waals surface area (Å²) in [6.07, 6.45) is -0.738. The summed E-state index contributed by atoms with van der Waals surface area (Å²) in [4.78, 5) is 24.4. The molecule has 32 heavy (non-hydrogen) atoms. The fraction of sp³-hybridized carbons (Fsp3) is 0.280. The van der Waals surface area contributed by atoms with Crippen molar-refractivity contribution in [1.82, 2.24) is 0 Å². The van der Waals surface area contributed by atoms with Gasteiger partial charge in [0.25, 0.3) is 0 Å². The minimum absolute atomic E-state index is 0.0846. The number of halogens is 3. The lowest BCUT2D eigenvalue weighted by Gasteiger charge is -2.30. The van der Waals surface area contributed by atoms with Gasteiger partial charge in [-0.15, -0.1) is 0 Å². The Morgan fingerprint density at radius 3 is 2.56 bits per heavy atom. The van der Waals surface area contributed by atoms with E-state index >= 15 is 0 Å². The fourth-order valence-corrected chi connectivity index (χ4v) is 4.37. The maximum Gasteiger partial charge on any atom is 0.416 e. The molecule has 1 fully saturated rings. The van der Waals surface area contributed by atoms with Crippen LogP contribution in [-0.4, -0.2) is 11.9 Å². The lowest BCUT2D eigenvalue weighted by atomic mass is 9.76. The standard InChI is InChI=1S/C25H21F3O4/c1-13-12-20(15(3)22-18(13)9-10-19-14(2)24(30)32-23(19)22)31-21(29)11-6-16-4-7-17(8-5-16)25(26,27)28/h4-8,11-12,19,23H,2,9-10H2,1,3H3. The highest BCUT2D eigenvalue weighted by Gasteiger charge is 2.44. The van der Waals surface area contributed by atoms with E-state index in [1.165, 1.54) is 18.2 Å². The van der Waals surface area contributed by atoms with Gasteiger partial charge in [0, 0.05) is 23.1 Å². The van der Waals surface area contributed by atoms with Gasteiger partial charge in [0.15, 0.2) is 0 Å². The van der Waals surface area contributed by atoms with Crippen molar-refractivity contribution >= 4 is 18.0 Å². The summed E-state index contributed by atoms with van der Waals surface area (Å²) in [7, 11) is 0. The van der Waals surface area contributed by atoms with E-state index in [0.717, 1.165) is 53.3 Å². The van der Waals surface area contributed by atoms with Gasteiger partial charge in [0.05, 0.1) is 5.56 Å². The molecule has 2 unspecified atom stereocenters. The predicted molar refractivity (Wildman–Crippen MR) is 112 cm³/mol. The number of aryl methyl sites for hydroxylation is 1. The van der Waals surface area contributed by atoms with E-state index in [9.17, 15) is 22.8 Å². The van der Waals surface area contributed by atoms with E-state index in [4.69, 9.17) is 9.47 Å². The molecule has 1 aliphatic carbocycles. The van der Waals surface area contributed by atoms with Crippen molar-refractivity contribution in [3.8, 4) is 5.75 Å². The smallest absolute Gasteiger partial charge is 0.416 e. The molecule has 2 aromatic rings. The van der Waals surface area contributed by atoms with Crippen LogP contribution in [0.2, 0.25) is 0 Å². The third-order valence-corrected chi connectivity index (χ3v) is 6.08. The minimum atomic E-state index is -4.41. The van der Waals surface area contributed by atoms with E-state index in [2.05, 4.69) is 6.58 Å². The van der Waals surface area contributed by atoms with Gasteiger partial charge in [-0.3, -0.25) is 0 Å². The Hall–Kier alpha value is -3.35. The molecule has 4 nitrogen and oxygen atoms in total. The Morgan fingerprint density at radius 1 is 1.22 bits per heavy atom. The molecule has 7 heteroatoms. The fourth-order valence-electron chi connectivity index (χ4n) is 4.37. The molecular formula is C25H21F3O4. The first-order chi connectivity index (χ1) is 15.1. The lowest BCUT2D eigenvalue weighted by Crippen LogP contribution is -2.21. The quantitative estimate of drug-likeness (QED) is 0.350. The van der Waals surface area contributed by atoms with Gasteiger partial charge in [0.1, 0.15) is 11.9 Å². The monoisotopic (exact) mass is 442 g/mol. The van der Waals surface area contributed by atoms with Crippen LogP contribution >= 0.6 is 0 Å². The van der Waals surface area contributed by atoms with Gasteiger partial charge in [-0.2, -0.15) is 13.2 Å². The number of carbonyl (C=O) groups is 2. The van der Waals surface area contributed by atoms with Crippen molar-refractivity contribution in [1.29, 1.82) is 0 Å². The number of alkyl halides is 3. The Morgan fingerprint density at radius 2 is 1.91 bits per heavy atom. The van der Waals surface area contributed by atoms with E-state index < -0.39 is 29.8 Å². The third kappa shape index (κ3) is 3.95. The molecule has 0 N–H and O–H groups in total. The Kier molecular flexibility index (Phi) is 5.44. The predicted octanol–water partition coefficient (Wildman–Crippen LogP) is 5.66. The van der Waals surface area contributed by atoms with E-state index in [-0.39, 0.29) is 5.92 Å². The van der Waals surface area contributed by atoms with Crippen LogP contribution in [0.4, 0.5) is 13.2 Å². The van der Waals surface area contributed by atoms with Crippen molar-refractivity contribution in [3.63, 3.8) is 0 Å². The highest BCUT2D eigenvalue weighted by molar-refractivity contribution is 5.91. The van der Waals surface area contributed by atoms with Crippen molar-refractivity contribution in [2.45, 2.75) is 39.0 Å². The number of rotatable bonds is 3. The number of esters is 2. The average molecular weight is 442 g/mol. The van der Waals surface area contributed by atoms with Crippen molar-refractivity contribution in [2.75, 3.05) is 0 Å². The molecule has 1 aliphatic heterocycles. The van der Waals surface area contributed by atoms with Crippen LogP contribution in [0.5, 0.6) is 5.75 Å². The maximum atomic E-state index is 12.7. The van der Waals surface area contributed by atoms with Crippen LogP contribution in [0, 0.1) is 19.8 Å². The van der Waals surface area contributed by atoms with Crippen LogP contribution in [-0.2, 0) is 26.9 Å². The second-order valence-corrected chi connectivity index (χ2v) is 8.08. The van der Waals surface area contributed by atoms with Gasteiger partial charge in [-0.05, 0) is 73.2 Å². The van der Waals surface area contributed by atoms with Gasteiger partial charge >= 0.3 is 18.1 Å². The molecule has 1 saturated heterocycles. The van der Waals surface area contributed by atoms with Gasteiger partial charge < -0.3 is 9.47 Å². The van der Waals surface area contributed by atoms with Crippen molar-refractivity contribution in [2.24, 2.45) is 5.92 Å². The van der Waals surface area contributed by atoms with Crippen LogP contribution < -0.4 is 4.74 Å². The molecule has 0 aromatic heterocycles. The maximum absolute atomic E-state index is 12.7. The second-order valence-electron chi connectivity index (χ2n) is 8.08. The minimum Gasteiger partial charge on any atom is -0.453 e. The first kappa shape index (κ1) is 21.9. The molecule has 0 amide bonds. The first-order valence-electron chi connectivity index (χ1n) is 10.2. The number of carbonyl (C=O) groups excluding carboxylic acids is 2. The highest BCUT2D eigenvalue weighted by Crippen LogP contribution is 2.49.